The Hall–Kier alpha value is -4.19. The molecule has 42 heavy (non-hydrogen) atoms. The number of amides is 1. The van der Waals surface area contributed by atoms with Crippen molar-refractivity contribution < 1.29 is 28.2 Å². The zero-order valence-electron chi connectivity index (χ0n) is 23.9. The van der Waals surface area contributed by atoms with Crippen LogP contribution in [0.4, 0.5) is 18.0 Å². The van der Waals surface area contributed by atoms with Crippen LogP contribution >= 0.6 is 0 Å². The molecule has 3 aromatic heterocycles. The van der Waals surface area contributed by atoms with Crippen LogP contribution < -0.4 is 5.56 Å². The van der Waals surface area contributed by atoms with E-state index in [1.54, 1.807) is 81.8 Å². The number of aryl methyl sites for hydroxylation is 1. The number of aromatic nitrogens is 4. The molecule has 1 amide bonds. The lowest BCUT2D eigenvalue weighted by molar-refractivity contribution is -0.152. The molecule has 0 unspecified atom stereocenters. The Morgan fingerprint density at radius 3 is 2.21 bits per heavy atom. The maximum Gasteiger partial charge on any atom is 0.408 e. The van der Waals surface area contributed by atoms with Gasteiger partial charge in [-0.05, 0) is 51.0 Å². The Morgan fingerprint density at radius 1 is 1.07 bits per heavy atom. The Bertz CT molecular complexity index is 1710. The van der Waals surface area contributed by atoms with E-state index in [0.717, 1.165) is 6.33 Å². The summed E-state index contributed by atoms with van der Waals surface area (Å²) in [6, 6.07) is 12.2. The van der Waals surface area contributed by atoms with Gasteiger partial charge in [0.05, 0.1) is 27.9 Å². The number of carboxylic acid groups (broad SMARTS) is 1. The van der Waals surface area contributed by atoms with Gasteiger partial charge in [-0.2, -0.15) is 13.2 Å². The molecule has 0 bridgehead atoms. The number of aliphatic hydroxyl groups is 1. The van der Waals surface area contributed by atoms with Crippen molar-refractivity contribution in [3.8, 4) is 22.5 Å². The molecule has 1 aliphatic rings. The molecule has 0 spiro atoms. The van der Waals surface area contributed by atoms with Crippen LogP contribution in [0.2, 0.25) is 0 Å². The number of rotatable bonds is 5. The predicted octanol–water partition coefficient (Wildman–Crippen LogP) is 5.54. The van der Waals surface area contributed by atoms with Crippen molar-refractivity contribution in [2.45, 2.75) is 69.9 Å². The molecule has 1 fully saturated rings. The molecule has 1 aliphatic carbocycles. The topological polar surface area (TPSA) is 113 Å². The highest BCUT2D eigenvalue weighted by Crippen LogP contribution is 2.54. The summed E-state index contributed by atoms with van der Waals surface area (Å²) in [6.45, 7) is 5.61. The van der Waals surface area contributed by atoms with Gasteiger partial charge in [0.15, 0.2) is 0 Å². The van der Waals surface area contributed by atoms with Crippen molar-refractivity contribution in [2.24, 2.45) is 7.05 Å². The lowest BCUT2D eigenvalue weighted by atomic mass is 9.60. The Morgan fingerprint density at radius 2 is 1.71 bits per heavy atom. The summed E-state index contributed by atoms with van der Waals surface area (Å²) < 4.78 is 41.9. The molecule has 0 aliphatic heterocycles. The second kappa shape index (κ2) is 9.69. The quantitative estimate of drug-likeness (QED) is 0.319. The fraction of sp³-hybridized carbons (Fsp3) is 0.400. The highest BCUT2D eigenvalue weighted by atomic mass is 19.4. The van der Waals surface area contributed by atoms with Crippen LogP contribution in [0.15, 0.2) is 59.8 Å². The van der Waals surface area contributed by atoms with Gasteiger partial charge in [-0.1, -0.05) is 30.3 Å². The van der Waals surface area contributed by atoms with E-state index in [0.29, 0.717) is 32.6 Å². The number of pyridine rings is 1. The maximum atomic E-state index is 13.4. The minimum atomic E-state index is -4.61. The number of carbonyl (C=O) groups is 1. The van der Waals surface area contributed by atoms with Crippen LogP contribution in [-0.4, -0.2) is 57.6 Å². The van der Waals surface area contributed by atoms with E-state index in [1.165, 1.54) is 11.1 Å². The minimum absolute atomic E-state index is 0.0123. The van der Waals surface area contributed by atoms with Crippen molar-refractivity contribution >= 4 is 17.1 Å². The van der Waals surface area contributed by atoms with Crippen LogP contribution in [-0.2, 0) is 19.1 Å². The van der Waals surface area contributed by atoms with E-state index >= 15 is 0 Å². The van der Waals surface area contributed by atoms with Gasteiger partial charge in [-0.3, -0.25) is 19.2 Å². The van der Waals surface area contributed by atoms with Gasteiger partial charge >= 0.3 is 12.3 Å². The third-order valence-corrected chi connectivity index (χ3v) is 7.76. The van der Waals surface area contributed by atoms with Crippen LogP contribution in [0.25, 0.3) is 33.5 Å². The van der Waals surface area contributed by atoms with Gasteiger partial charge in [0.1, 0.15) is 18.5 Å². The fourth-order valence-electron chi connectivity index (χ4n) is 6.50. The van der Waals surface area contributed by atoms with E-state index < -0.39 is 41.1 Å². The molecule has 0 atom stereocenters. The zero-order valence-corrected chi connectivity index (χ0v) is 23.9. The van der Waals surface area contributed by atoms with Crippen LogP contribution in [0, 0.1) is 0 Å². The predicted molar refractivity (Wildman–Crippen MR) is 151 cm³/mol. The van der Waals surface area contributed by atoms with E-state index in [-0.39, 0.29) is 23.9 Å². The fourth-order valence-corrected chi connectivity index (χ4v) is 6.50. The third-order valence-electron chi connectivity index (χ3n) is 7.76. The summed E-state index contributed by atoms with van der Waals surface area (Å²) in [5, 5.41) is 20.9. The van der Waals surface area contributed by atoms with Crippen molar-refractivity contribution in [3.63, 3.8) is 0 Å². The SMILES string of the molecule is Cn1c(-c2ccc([C@]3(N(C(=O)O)C(C)(C)C)C[C@@](C)(O)C3)cc2)c(-c2ccccn2)c2c(=O)n(CC(F)(F)F)cnc21. The van der Waals surface area contributed by atoms with Gasteiger partial charge in [0, 0.05) is 37.2 Å². The average Bonchev–Trinajstić information content (AvgIpc) is 3.16. The second-order valence-corrected chi connectivity index (χ2v) is 12.2. The molecule has 3 heterocycles. The van der Waals surface area contributed by atoms with Crippen LogP contribution in [0.5, 0.6) is 0 Å². The van der Waals surface area contributed by atoms with Gasteiger partial charge in [0.25, 0.3) is 5.56 Å². The molecule has 2 N–H and O–H groups in total. The van der Waals surface area contributed by atoms with E-state index in [4.69, 9.17) is 0 Å². The first-order valence-electron chi connectivity index (χ1n) is 13.4. The summed E-state index contributed by atoms with van der Waals surface area (Å²) in [6.07, 6.45) is -2.87. The normalized spacial score (nSPS) is 20.9. The maximum absolute atomic E-state index is 13.4. The number of hydrogen-bond donors (Lipinski definition) is 2. The Labute approximate surface area is 239 Å². The highest BCUT2D eigenvalue weighted by molar-refractivity contribution is 6.01. The monoisotopic (exact) mass is 583 g/mol. The zero-order chi connectivity index (χ0) is 30.8. The molecule has 5 rings (SSSR count). The molecule has 0 radical (unpaired) electrons. The molecule has 0 saturated heterocycles. The summed E-state index contributed by atoms with van der Waals surface area (Å²) in [5.41, 5.74) is -0.831. The van der Waals surface area contributed by atoms with E-state index in [2.05, 4.69) is 9.97 Å². The molecule has 4 aromatic rings. The minimum Gasteiger partial charge on any atom is -0.465 e. The number of hydrogen-bond acceptors (Lipinski definition) is 5. The van der Waals surface area contributed by atoms with Gasteiger partial charge in [-0.15, -0.1) is 0 Å². The number of halogens is 3. The smallest absolute Gasteiger partial charge is 0.408 e. The van der Waals surface area contributed by atoms with Gasteiger partial charge in [0.2, 0.25) is 0 Å². The number of fused-ring (bicyclic) bond motifs is 1. The second-order valence-electron chi connectivity index (χ2n) is 12.2. The standard InChI is InChI=1S/C30H32F3N5O4/c1-27(2,3)38(26(40)41)29(14-28(4,42)15-29)19-11-9-18(10-12-19)23-21(20-8-6-7-13-34-20)22-24(36(23)5)35-17-37(25(22)39)16-30(31,32)33/h6-13,17,42H,14-16H2,1-5H3,(H,40,41)/t28-,29+. The van der Waals surface area contributed by atoms with Gasteiger partial charge < -0.3 is 14.8 Å². The number of nitrogens with zero attached hydrogens (tertiary/aromatic N) is 5. The van der Waals surface area contributed by atoms with Crippen LogP contribution in [0.3, 0.4) is 0 Å². The molecule has 222 valence electrons. The first kappa shape index (κ1) is 29.3. The Balaban J connectivity index is 1.71. The van der Waals surface area contributed by atoms with E-state index in [9.17, 15) is 33.0 Å². The first-order chi connectivity index (χ1) is 19.5. The van der Waals surface area contributed by atoms with Crippen molar-refractivity contribution in [1.82, 2.24) is 24.0 Å². The summed E-state index contributed by atoms with van der Waals surface area (Å²) in [4.78, 5) is 35.9. The third kappa shape index (κ3) is 4.93. The van der Waals surface area contributed by atoms with Crippen molar-refractivity contribution in [1.29, 1.82) is 0 Å². The van der Waals surface area contributed by atoms with Crippen molar-refractivity contribution in [3.05, 3.63) is 70.9 Å². The van der Waals surface area contributed by atoms with Crippen molar-refractivity contribution in [2.75, 3.05) is 0 Å². The number of alkyl halides is 3. The molecule has 1 saturated carbocycles. The molecule has 12 heteroatoms. The lowest BCUT2D eigenvalue weighted by Crippen LogP contribution is -2.67. The van der Waals surface area contributed by atoms with Crippen LogP contribution in [0.1, 0.15) is 46.1 Å². The molecular weight excluding hydrogens is 551 g/mol. The summed E-state index contributed by atoms with van der Waals surface area (Å²) in [7, 11) is 1.68. The van der Waals surface area contributed by atoms with E-state index in [1.807, 2.05) is 0 Å². The summed E-state index contributed by atoms with van der Waals surface area (Å²) >= 11 is 0. The Kier molecular flexibility index (Phi) is 6.76. The highest BCUT2D eigenvalue weighted by Gasteiger charge is 2.59. The first-order valence-corrected chi connectivity index (χ1v) is 13.4. The molecule has 9 nitrogen and oxygen atoms in total. The lowest BCUT2D eigenvalue weighted by Gasteiger charge is -2.60. The molecule has 1 aromatic carbocycles. The molecular formula is C30H32F3N5O4. The summed E-state index contributed by atoms with van der Waals surface area (Å²) in [5.74, 6) is 0. The number of benzene rings is 1. The average molecular weight is 584 g/mol. The van der Waals surface area contributed by atoms with Gasteiger partial charge in [-0.25, -0.2) is 9.78 Å². The largest absolute Gasteiger partial charge is 0.465 e.